The Morgan fingerprint density at radius 3 is 2.29 bits per heavy atom. The molecule has 2 aromatic carbocycles. The van der Waals surface area contributed by atoms with Gasteiger partial charge in [0.15, 0.2) is 0 Å². The number of anilines is 1. The molecule has 0 fully saturated rings. The average Bonchev–Trinajstić information content (AvgIpc) is 2.94. The molecule has 0 unspecified atom stereocenters. The van der Waals surface area contributed by atoms with Crippen LogP contribution in [-0.2, 0) is 14.3 Å². The Balaban J connectivity index is 2.11. The first-order valence-electron chi connectivity index (χ1n) is 8.32. The van der Waals surface area contributed by atoms with Crippen molar-refractivity contribution in [3.63, 3.8) is 0 Å². The Bertz CT molecular complexity index is 1010. The number of nitrogens with zero attached hydrogens (tertiary/aromatic N) is 1. The van der Waals surface area contributed by atoms with E-state index in [1.165, 1.54) is 12.0 Å². The second-order valence-corrected chi connectivity index (χ2v) is 6.84. The first-order chi connectivity index (χ1) is 13.4. The third-order valence-corrected chi connectivity index (χ3v) is 5.12. The number of carbonyl (C=O) groups excluding carboxylic acids is 2. The highest BCUT2D eigenvalue weighted by Gasteiger charge is 2.38. The summed E-state index contributed by atoms with van der Waals surface area (Å²) in [4.78, 5) is 27.0. The predicted octanol–water partition coefficient (Wildman–Crippen LogP) is 4.88. The second-order valence-electron chi connectivity index (χ2n) is 6.02. The molecule has 0 atom stereocenters. The molecule has 1 amide bonds. The molecule has 5 nitrogen and oxygen atoms in total. The van der Waals surface area contributed by atoms with Crippen LogP contribution in [0.25, 0.3) is 6.08 Å². The van der Waals surface area contributed by atoms with Crippen molar-refractivity contribution in [3.05, 3.63) is 74.9 Å². The van der Waals surface area contributed by atoms with E-state index in [2.05, 4.69) is 0 Å². The number of ether oxygens (including phenoxy) is 2. The molecule has 28 heavy (non-hydrogen) atoms. The lowest BCUT2D eigenvalue weighted by Crippen LogP contribution is -2.24. The zero-order chi connectivity index (χ0) is 20.4. The number of amides is 1. The molecule has 0 saturated heterocycles. The van der Waals surface area contributed by atoms with Gasteiger partial charge < -0.3 is 9.47 Å². The van der Waals surface area contributed by atoms with E-state index in [1.807, 2.05) is 0 Å². The number of methoxy groups -OCH3 is 2. The molecule has 0 aliphatic carbocycles. The second kappa shape index (κ2) is 8.09. The van der Waals surface area contributed by atoms with Crippen LogP contribution >= 0.6 is 23.2 Å². The molecule has 1 heterocycles. The van der Waals surface area contributed by atoms with Crippen molar-refractivity contribution in [1.82, 2.24) is 0 Å². The van der Waals surface area contributed by atoms with Crippen molar-refractivity contribution in [2.45, 2.75) is 6.92 Å². The van der Waals surface area contributed by atoms with E-state index < -0.39 is 5.97 Å². The summed E-state index contributed by atoms with van der Waals surface area (Å²) in [6, 6.07) is 12.0. The number of allylic oxidation sites excluding steroid dienone is 1. The molecule has 0 spiro atoms. The summed E-state index contributed by atoms with van der Waals surface area (Å²) < 4.78 is 10.0. The van der Waals surface area contributed by atoms with Crippen molar-refractivity contribution >= 4 is 46.8 Å². The maximum absolute atomic E-state index is 13.2. The lowest BCUT2D eigenvalue weighted by atomic mass is 10.0. The molecule has 1 aliphatic rings. The van der Waals surface area contributed by atoms with E-state index in [0.29, 0.717) is 27.2 Å². The molecule has 7 heteroatoms. The van der Waals surface area contributed by atoms with Gasteiger partial charge in [0.2, 0.25) is 0 Å². The van der Waals surface area contributed by atoms with Gasteiger partial charge in [-0.3, -0.25) is 9.69 Å². The van der Waals surface area contributed by atoms with Gasteiger partial charge in [-0.1, -0.05) is 35.3 Å². The van der Waals surface area contributed by atoms with Crippen LogP contribution < -0.4 is 9.64 Å². The summed E-state index contributed by atoms with van der Waals surface area (Å²) >= 11 is 12.1. The topological polar surface area (TPSA) is 55.8 Å². The molecule has 0 saturated carbocycles. The van der Waals surface area contributed by atoms with Gasteiger partial charge in [-0.2, -0.15) is 0 Å². The van der Waals surface area contributed by atoms with Gasteiger partial charge in [-0.15, -0.1) is 0 Å². The standard InChI is InChI=1S/C21H17Cl2NO4/c1-12-19(21(26)28-3)16(10-13-4-7-15(27-2)8-5-13)20(25)24(12)14-6-9-17(22)18(23)11-14/h4-11H,1-3H3/b16-10-. The van der Waals surface area contributed by atoms with Crippen molar-refractivity contribution in [3.8, 4) is 5.75 Å². The summed E-state index contributed by atoms with van der Waals surface area (Å²) in [6.45, 7) is 1.68. The van der Waals surface area contributed by atoms with Crippen LogP contribution in [0.2, 0.25) is 10.0 Å². The smallest absolute Gasteiger partial charge is 0.340 e. The predicted molar refractivity (Wildman–Crippen MR) is 110 cm³/mol. The Kier molecular flexibility index (Phi) is 5.77. The first-order valence-corrected chi connectivity index (χ1v) is 9.07. The van der Waals surface area contributed by atoms with Crippen molar-refractivity contribution in [2.75, 3.05) is 19.1 Å². The third-order valence-electron chi connectivity index (χ3n) is 4.38. The minimum atomic E-state index is -0.590. The Hall–Kier alpha value is -2.76. The zero-order valence-electron chi connectivity index (χ0n) is 15.5. The summed E-state index contributed by atoms with van der Waals surface area (Å²) in [6.07, 6.45) is 1.65. The van der Waals surface area contributed by atoms with Gasteiger partial charge >= 0.3 is 5.97 Å². The number of carbonyl (C=O) groups is 2. The van der Waals surface area contributed by atoms with Crippen LogP contribution in [0.5, 0.6) is 5.75 Å². The van der Waals surface area contributed by atoms with E-state index in [-0.39, 0.29) is 17.1 Å². The molecule has 1 aliphatic heterocycles. The maximum atomic E-state index is 13.2. The van der Waals surface area contributed by atoms with Gasteiger partial charge in [-0.25, -0.2) is 4.79 Å². The van der Waals surface area contributed by atoms with Gasteiger partial charge in [0.1, 0.15) is 5.75 Å². The minimum absolute atomic E-state index is 0.203. The molecular formula is C21H17Cl2NO4. The molecule has 0 bridgehead atoms. The summed E-state index contributed by atoms with van der Waals surface area (Å²) in [5.41, 5.74) is 2.15. The molecule has 3 rings (SSSR count). The molecule has 0 aromatic heterocycles. The SMILES string of the molecule is COC(=O)C1=C(C)N(c2ccc(Cl)c(Cl)c2)C(=O)/C1=C\c1ccc(OC)cc1. The van der Waals surface area contributed by atoms with Gasteiger partial charge in [-0.05, 0) is 48.9 Å². The quantitative estimate of drug-likeness (QED) is 0.525. The average molecular weight is 418 g/mol. The first kappa shape index (κ1) is 20.0. The fourth-order valence-corrected chi connectivity index (χ4v) is 3.27. The van der Waals surface area contributed by atoms with E-state index in [0.717, 1.165) is 5.56 Å². The van der Waals surface area contributed by atoms with Crippen LogP contribution in [0.4, 0.5) is 5.69 Å². The van der Waals surface area contributed by atoms with Crippen molar-refractivity contribution in [2.24, 2.45) is 0 Å². The monoisotopic (exact) mass is 417 g/mol. The fourth-order valence-electron chi connectivity index (χ4n) is 2.98. The molecule has 144 valence electrons. The number of hydrogen-bond donors (Lipinski definition) is 0. The van der Waals surface area contributed by atoms with Crippen LogP contribution in [0.1, 0.15) is 12.5 Å². The van der Waals surface area contributed by atoms with Gasteiger partial charge in [0.05, 0.1) is 41.1 Å². The Morgan fingerprint density at radius 2 is 1.71 bits per heavy atom. The number of rotatable bonds is 4. The van der Waals surface area contributed by atoms with Crippen LogP contribution in [-0.4, -0.2) is 26.1 Å². The summed E-state index contributed by atoms with van der Waals surface area (Å²) in [5, 5.41) is 0.688. The highest BCUT2D eigenvalue weighted by molar-refractivity contribution is 6.42. The van der Waals surface area contributed by atoms with Crippen molar-refractivity contribution < 1.29 is 19.1 Å². The zero-order valence-corrected chi connectivity index (χ0v) is 17.0. The van der Waals surface area contributed by atoms with Crippen LogP contribution in [0.3, 0.4) is 0 Å². The van der Waals surface area contributed by atoms with E-state index in [1.54, 1.807) is 62.6 Å². The number of benzene rings is 2. The number of halogens is 2. The molecule has 2 aromatic rings. The maximum Gasteiger partial charge on any atom is 0.340 e. The van der Waals surface area contributed by atoms with Gasteiger partial charge in [0, 0.05) is 5.70 Å². The van der Waals surface area contributed by atoms with E-state index in [4.69, 9.17) is 32.7 Å². The van der Waals surface area contributed by atoms with Gasteiger partial charge in [0.25, 0.3) is 5.91 Å². The van der Waals surface area contributed by atoms with Crippen molar-refractivity contribution in [1.29, 1.82) is 0 Å². The summed E-state index contributed by atoms with van der Waals surface area (Å²) in [5.74, 6) is -0.252. The van der Waals surface area contributed by atoms with E-state index >= 15 is 0 Å². The highest BCUT2D eigenvalue weighted by Crippen LogP contribution is 2.37. The minimum Gasteiger partial charge on any atom is -0.497 e. The largest absolute Gasteiger partial charge is 0.497 e. The Morgan fingerprint density at radius 1 is 1.04 bits per heavy atom. The lowest BCUT2D eigenvalue weighted by molar-refractivity contribution is -0.136. The lowest BCUT2D eigenvalue weighted by Gasteiger charge is -2.18. The molecular weight excluding hydrogens is 401 g/mol. The normalized spacial score (nSPS) is 15.4. The highest BCUT2D eigenvalue weighted by atomic mass is 35.5. The number of hydrogen-bond acceptors (Lipinski definition) is 4. The Labute approximate surface area is 172 Å². The van der Waals surface area contributed by atoms with E-state index in [9.17, 15) is 9.59 Å². The third kappa shape index (κ3) is 3.63. The molecule has 0 radical (unpaired) electrons. The molecule has 0 N–H and O–H groups in total. The summed E-state index contributed by atoms with van der Waals surface area (Å²) in [7, 11) is 2.85. The van der Waals surface area contributed by atoms with Crippen LogP contribution in [0.15, 0.2) is 59.3 Å². The fraction of sp³-hybridized carbons (Fsp3) is 0.143. The number of esters is 1. The van der Waals surface area contributed by atoms with Crippen LogP contribution in [0, 0.1) is 0 Å².